The van der Waals surface area contributed by atoms with Gasteiger partial charge in [0.15, 0.2) is 5.82 Å². The summed E-state index contributed by atoms with van der Waals surface area (Å²) in [5, 5.41) is 3.02. The minimum atomic E-state index is 0.398. The average molecular weight is 324 g/mol. The summed E-state index contributed by atoms with van der Waals surface area (Å²) in [6.45, 7) is 2.23. The topological polar surface area (TPSA) is 72.8 Å². The van der Waals surface area contributed by atoms with E-state index in [1.165, 1.54) is 0 Å². The second kappa shape index (κ2) is 6.03. The van der Waals surface area contributed by atoms with Crippen LogP contribution in [0.1, 0.15) is 11.5 Å². The van der Waals surface area contributed by atoms with Crippen LogP contribution in [-0.2, 0) is 11.3 Å². The smallest absolute Gasteiger partial charge is 0.180 e. The molecule has 0 aromatic carbocycles. The van der Waals surface area contributed by atoms with E-state index in [0.29, 0.717) is 29.8 Å². The number of halogens is 1. The summed E-state index contributed by atoms with van der Waals surface area (Å²) < 4.78 is 5.94. The van der Waals surface area contributed by atoms with Gasteiger partial charge in [-0.1, -0.05) is 0 Å². The standard InChI is InChI=1S/C12H14BrN5O/c1-7-15-5-4-8(16-7)11-17-9(6-19-3)10(13)12(14-2)18-11/h4-5H,6H2,1-3H3,(H,14,17,18). The third kappa shape index (κ3) is 3.05. The van der Waals surface area contributed by atoms with Crippen LogP contribution in [0.4, 0.5) is 5.82 Å². The molecule has 0 saturated carbocycles. The Morgan fingerprint density at radius 3 is 2.74 bits per heavy atom. The van der Waals surface area contributed by atoms with E-state index >= 15 is 0 Å². The van der Waals surface area contributed by atoms with Gasteiger partial charge in [-0.2, -0.15) is 0 Å². The highest BCUT2D eigenvalue weighted by Gasteiger charge is 2.13. The lowest BCUT2D eigenvalue weighted by Gasteiger charge is -2.10. The van der Waals surface area contributed by atoms with Gasteiger partial charge in [0.25, 0.3) is 0 Å². The van der Waals surface area contributed by atoms with Crippen molar-refractivity contribution in [3.63, 3.8) is 0 Å². The molecule has 100 valence electrons. The summed E-state index contributed by atoms with van der Waals surface area (Å²) in [6, 6.07) is 1.78. The Labute approximate surface area is 119 Å². The van der Waals surface area contributed by atoms with Crippen LogP contribution < -0.4 is 5.32 Å². The number of nitrogens with one attached hydrogen (secondary N) is 1. The molecule has 0 aliphatic heterocycles. The molecule has 0 unspecified atom stereocenters. The van der Waals surface area contributed by atoms with Crippen LogP contribution in [0.3, 0.4) is 0 Å². The van der Waals surface area contributed by atoms with Gasteiger partial charge in [0, 0.05) is 20.4 Å². The monoisotopic (exact) mass is 323 g/mol. The van der Waals surface area contributed by atoms with Gasteiger partial charge in [0.2, 0.25) is 0 Å². The fourth-order valence-corrected chi connectivity index (χ4v) is 2.08. The van der Waals surface area contributed by atoms with Crippen LogP contribution in [-0.4, -0.2) is 34.1 Å². The molecule has 2 aromatic rings. The molecular formula is C12H14BrN5O. The van der Waals surface area contributed by atoms with E-state index in [1.54, 1.807) is 26.4 Å². The van der Waals surface area contributed by atoms with Crippen LogP contribution in [0.15, 0.2) is 16.7 Å². The van der Waals surface area contributed by atoms with E-state index in [2.05, 4.69) is 41.2 Å². The van der Waals surface area contributed by atoms with E-state index in [-0.39, 0.29) is 0 Å². The Balaban J connectivity index is 2.54. The maximum Gasteiger partial charge on any atom is 0.180 e. The molecule has 2 rings (SSSR count). The van der Waals surface area contributed by atoms with Gasteiger partial charge in [0.05, 0.1) is 16.8 Å². The Hall–Kier alpha value is -1.60. The van der Waals surface area contributed by atoms with E-state index in [0.717, 1.165) is 10.2 Å². The lowest BCUT2D eigenvalue weighted by atomic mass is 10.3. The largest absolute Gasteiger partial charge is 0.378 e. The first kappa shape index (κ1) is 13.8. The molecule has 19 heavy (non-hydrogen) atoms. The SMILES string of the molecule is CNc1nc(-c2ccnc(C)n2)nc(COC)c1Br. The van der Waals surface area contributed by atoms with Crippen molar-refractivity contribution >= 4 is 21.7 Å². The van der Waals surface area contributed by atoms with Gasteiger partial charge < -0.3 is 10.1 Å². The first-order valence-electron chi connectivity index (χ1n) is 5.68. The molecular weight excluding hydrogens is 310 g/mol. The maximum absolute atomic E-state index is 5.14. The molecule has 0 radical (unpaired) electrons. The zero-order valence-electron chi connectivity index (χ0n) is 10.9. The Kier molecular flexibility index (Phi) is 4.39. The van der Waals surface area contributed by atoms with Crippen LogP contribution in [0.5, 0.6) is 0 Å². The molecule has 2 heterocycles. The van der Waals surface area contributed by atoms with Gasteiger partial charge in [0.1, 0.15) is 17.3 Å². The molecule has 0 aliphatic carbocycles. The summed E-state index contributed by atoms with van der Waals surface area (Å²) >= 11 is 3.46. The number of aromatic nitrogens is 4. The minimum Gasteiger partial charge on any atom is -0.378 e. The fourth-order valence-electron chi connectivity index (χ4n) is 1.59. The van der Waals surface area contributed by atoms with Crippen LogP contribution >= 0.6 is 15.9 Å². The van der Waals surface area contributed by atoms with Crippen molar-refractivity contribution in [2.75, 3.05) is 19.5 Å². The molecule has 0 atom stereocenters. The highest BCUT2D eigenvalue weighted by molar-refractivity contribution is 9.10. The minimum absolute atomic E-state index is 0.398. The lowest BCUT2D eigenvalue weighted by molar-refractivity contribution is 0.181. The summed E-state index contributed by atoms with van der Waals surface area (Å²) in [4.78, 5) is 17.3. The van der Waals surface area contributed by atoms with Gasteiger partial charge in [-0.15, -0.1) is 0 Å². The van der Waals surface area contributed by atoms with Crippen molar-refractivity contribution in [3.8, 4) is 11.5 Å². The van der Waals surface area contributed by atoms with Crippen LogP contribution in [0.2, 0.25) is 0 Å². The maximum atomic E-state index is 5.14. The summed E-state index contributed by atoms with van der Waals surface area (Å²) in [6.07, 6.45) is 1.69. The van der Waals surface area contributed by atoms with Crippen LogP contribution in [0.25, 0.3) is 11.5 Å². The van der Waals surface area contributed by atoms with Crippen molar-refractivity contribution in [3.05, 3.63) is 28.3 Å². The normalized spacial score (nSPS) is 10.5. The highest BCUT2D eigenvalue weighted by atomic mass is 79.9. The third-order valence-electron chi connectivity index (χ3n) is 2.44. The van der Waals surface area contributed by atoms with Gasteiger partial charge >= 0.3 is 0 Å². The number of rotatable bonds is 4. The number of nitrogens with zero attached hydrogens (tertiary/aromatic N) is 4. The first-order valence-corrected chi connectivity index (χ1v) is 6.48. The van der Waals surface area contributed by atoms with E-state index < -0.39 is 0 Å². The predicted octanol–water partition coefficient (Wildman–Crippen LogP) is 2.19. The Bertz CT molecular complexity index is 590. The number of ether oxygens (including phenoxy) is 1. The van der Waals surface area contributed by atoms with Crippen molar-refractivity contribution < 1.29 is 4.74 Å². The van der Waals surface area contributed by atoms with Gasteiger partial charge in [-0.25, -0.2) is 19.9 Å². The highest BCUT2D eigenvalue weighted by Crippen LogP contribution is 2.26. The number of methoxy groups -OCH3 is 1. The fraction of sp³-hybridized carbons (Fsp3) is 0.333. The number of aryl methyl sites for hydroxylation is 1. The van der Waals surface area contributed by atoms with E-state index in [1.807, 2.05) is 6.92 Å². The van der Waals surface area contributed by atoms with Crippen molar-refractivity contribution in [2.24, 2.45) is 0 Å². The molecule has 7 heteroatoms. The molecule has 0 bridgehead atoms. The van der Waals surface area contributed by atoms with Gasteiger partial charge in [-0.3, -0.25) is 0 Å². The molecule has 0 saturated heterocycles. The van der Waals surface area contributed by atoms with Crippen LogP contribution in [0, 0.1) is 6.92 Å². The number of hydrogen-bond donors (Lipinski definition) is 1. The summed E-state index contributed by atoms with van der Waals surface area (Å²) in [5.74, 6) is 1.93. The second-order valence-electron chi connectivity index (χ2n) is 3.83. The Morgan fingerprint density at radius 1 is 1.32 bits per heavy atom. The zero-order chi connectivity index (χ0) is 13.8. The lowest BCUT2D eigenvalue weighted by Crippen LogP contribution is -2.05. The number of anilines is 1. The van der Waals surface area contributed by atoms with Crippen molar-refractivity contribution in [1.82, 2.24) is 19.9 Å². The molecule has 0 spiro atoms. The molecule has 1 N–H and O–H groups in total. The zero-order valence-corrected chi connectivity index (χ0v) is 12.5. The molecule has 2 aromatic heterocycles. The van der Waals surface area contributed by atoms with Crippen molar-refractivity contribution in [1.29, 1.82) is 0 Å². The molecule has 0 fully saturated rings. The Morgan fingerprint density at radius 2 is 2.11 bits per heavy atom. The van der Waals surface area contributed by atoms with E-state index in [9.17, 15) is 0 Å². The summed E-state index contributed by atoms with van der Waals surface area (Å²) in [7, 11) is 3.43. The number of hydrogen-bond acceptors (Lipinski definition) is 6. The van der Waals surface area contributed by atoms with Crippen molar-refractivity contribution in [2.45, 2.75) is 13.5 Å². The molecule has 6 nitrogen and oxygen atoms in total. The van der Waals surface area contributed by atoms with E-state index in [4.69, 9.17) is 4.74 Å². The quantitative estimate of drug-likeness (QED) is 0.929. The summed E-state index contributed by atoms with van der Waals surface area (Å²) in [5.41, 5.74) is 1.46. The molecule has 0 amide bonds. The third-order valence-corrected chi connectivity index (χ3v) is 3.28. The average Bonchev–Trinajstić information content (AvgIpc) is 2.41. The first-order chi connectivity index (χ1) is 9.15. The van der Waals surface area contributed by atoms with Gasteiger partial charge in [-0.05, 0) is 28.9 Å². The predicted molar refractivity (Wildman–Crippen MR) is 75.8 cm³/mol. The molecule has 0 aliphatic rings. The second-order valence-corrected chi connectivity index (χ2v) is 4.62.